The summed E-state index contributed by atoms with van der Waals surface area (Å²) >= 11 is 0. The van der Waals surface area contributed by atoms with Crippen molar-refractivity contribution in [2.75, 3.05) is 5.32 Å². The molecule has 9 rings (SSSR count). The molecule has 0 saturated carbocycles. The van der Waals surface area contributed by atoms with Crippen LogP contribution in [-0.4, -0.2) is 39.5 Å². The van der Waals surface area contributed by atoms with Crippen LogP contribution in [0.1, 0.15) is 33.3 Å². The van der Waals surface area contributed by atoms with Crippen molar-refractivity contribution in [1.29, 1.82) is 5.41 Å². The molecule has 0 unspecified atom stereocenters. The highest BCUT2D eigenvalue weighted by molar-refractivity contribution is 6.62. The highest BCUT2D eigenvalue weighted by atomic mass is 16.7. The fraction of sp³-hybridized carbons (Fsp3) is 0.115. The Bertz CT molecular complexity index is 2770. The summed E-state index contributed by atoms with van der Waals surface area (Å²) < 4.78 is 12.6. The van der Waals surface area contributed by atoms with Gasteiger partial charge in [0.25, 0.3) is 0 Å². The third-order valence-corrected chi connectivity index (χ3v) is 11.4. The maximum Gasteiger partial charge on any atom is 0.494 e. The van der Waals surface area contributed by atoms with Crippen LogP contribution < -0.4 is 10.8 Å². The second-order valence-electron chi connectivity index (χ2n) is 16.1. The highest BCUT2D eigenvalue weighted by Crippen LogP contribution is 2.37. The van der Waals surface area contributed by atoms with Gasteiger partial charge < -0.3 is 20.0 Å². The van der Waals surface area contributed by atoms with Gasteiger partial charge in [-0.05, 0) is 103 Å². The van der Waals surface area contributed by atoms with Crippen LogP contribution in [0.3, 0.4) is 0 Å². The predicted molar refractivity (Wildman–Crippen MR) is 246 cm³/mol. The molecule has 2 N–H and O–H groups in total. The Balaban J connectivity index is 0.967. The molecule has 0 atom stereocenters. The van der Waals surface area contributed by atoms with E-state index in [-0.39, 0.29) is 0 Å². The summed E-state index contributed by atoms with van der Waals surface area (Å²) in [5.41, 5.74) is 11.8. The number of nitrogens with zero attached hydrogens (tertiary/aromatic N) is 3. The van der Waals surface area contributed by atoms with Gasteiger partial charge in [-0.3, -0.25) is 0 Å². The summed E-state index contributed by atoms with van der Waals surface area (Å²) in [6.45, 7) is 8.26. The molecule has 2 heterocycles. The van der Waals surface area contributed by atoms with Crippen LogP contribution in [0.15, 0.2) is 176 Å². The molecule has 1 aliphatic heterocycles. The van der Waals surface area contributed by atoms with E-state index < -0.39 is 18.3 Å². The van der Waals surface area contributed by atoms with E-state index in [0.29, 0.717) is 17.5 Å². The molecule has 1 aliphatic rings. The van der Waals surface area contributed by atoms with Crippen LogP contribution in [-0.2, 0) is 9.31 Å². The van der Waals surface area contributed by atoms with Crippen molar-refractivity contribution in [2.45, 2.75) is 38.9 Å². The first kappa shape index (κ1) is 38.5. The van der Waals surface area contributed by atoms with Crippen molar-refractivity contribution in [2.24, 2.45) is 0 Å². The van der Waals surface area contributed by atoms with Gasteiger partial charge in [0, 0.05) is 39.8 Å². The van der Waals surface area contributed by atoms with Crippen LogP contribution in [0.2, 0.25) is 0 Å². The molecule has 0 spiro atoms. The summed E-state index contributed by atoms with van der Waals surface area (Å²) in [5.74, 6) is 1.88. The molecule has 7 aromatic carbocycles. The Morgan fingerprint density at radius 3 is 1.45 bits per heavy atom. The molecule has 0 amide bonds. The third-order valence-electron chi connectivity index (χ3n) is 11.4. The summed E-state index contributed by atoms with van der Waals surface area (Å²) in [4.78, 5) is 14.8. The highest BCUT2D eigenvalue weighted by Gasteiger charge is 2.51. The monoisotopic (exact) mass is 781 g/mol. The fourth-order valence-electron chi connectivity index (χ4n) is 7.41. The number of hydrogen-bond acceptors (Lipinski definition) is 7. The first-order chi connectivity index (χ1) is 29.1. The average molecular weight is 782 g/mol. The quantitative estimate of drug-likeness (QED) is 0.106. The van der Waals surface area contributed by atoms with E-state index in [1.807, 2.05) is 84.9 Å². The van der Waals surface area contributed by atoms with Gasteiger partial charge in [0.05, 0.1) is 11.2 Å². The Hall–Kier alpha value is -7.00. The van der Waals surface area contributed by atoms with Crippen molar-refractivity contribution < 1.29 is 9.31 Å². The molecule has 8 heteroatoms. The van der Waals surface area contributed by atoms with Crippen LogP contribution in [0.25, 0.3) is 67.5 Å². The minimum atomic E-state index is -0.444. The molecule has 60 heavy (non-hydrogen) atoms. The molecule has 8 aromatic rings. The number of benzene rings is 7. The Morgan fingerprint density at radius 1 is 0.450 bits per heavy atom. The van der Waals surface area contributed by atoms with Crippen LogP contribution in [0, 0.1) is 5.41 Å². The number of nitrogens with one attached hydrogen (secondary N) is 2. The van der Waals surface area contributed by atoms with E-state index >= 15 is 0 Å². The van der Waals surface area contributed by atoms with Gasteiger partial charge in [-0.25, -0.2) is 15.0 Å². The molecule has 1 saturated heterocycles. The van der Waals surface area contributed by atoms with Crippen molar-refractivity contribution in [3.05, 3.63) is 181 Å². The Morgan fingerprint density at radius 2 is 0.883 bits per heavy atom. The number of rotatable bonds is 10. The van der Waals surface area contributed by atoms with Gasteiger partial charge in [-0.1, -0.05) is 140 Å². The van der Waals surface area contributed by atoms with E-state index in [2.05, 4.69) is 124 Å². The third kappa shape index (κ3) is 7.91. The smallest absolute Gasteiger partial charge is 0.399 e. The molecule has 1 aromatic heterocycles. The van der Waals surface area contributed by atoms with E-state index in [1.165, 1.54) is 6.21 Å². The van der Waals surface area contributed by atoms with Crippen LogP contribution >= 0.6 is 0 Å². The molecule has 292 valence electrons. The van der Waals surface area contributed by atoms with E-state index in [1.54, 1.807) is 0 Å². The zero-order chi connectivity index (χ0) is 41.3. The zero-order valence-corrected chi connectivity index (χ0v) is 34.1. The van der Waals surface area contributed by atoms with Crippen molar-refractivity contribution in [3.8, 4) is 67.5 Å². The van der Waals surface area contributed by atoms with Crippen molar-refractivity contribution in [3.63, 3.8) is 0 Å². The lowest BCUT2D eigenvalue weighted by Gasteiger charge is -2.32. The zero-order valence-electron chi connectivity index (χ0n) is 34.1. The lowest BCUT2D eigenvalue weighted by Crippen LogP contribution is -2.41. The van der Waals surface area contributed by atoms with Crippen LogP contribution in [0.4, 0.5) is 11.4 Å². The van der Waals surface area contributed by atoms with Gasteiger partial charge in [-0.15, -0.1) is 0 Å². The maximum atomic E-state index is 8.31. The standard InChI is InChI=1S/C52H44BN5O2/c1-51(2)52(3,4)60-53(59-51)45-25-13-22-40(32-45)42-27-28-47(44(31-42)34-54)55-46-26-14-23-41(33-46)38-20-11-19-37(29-38)39-21-12-24-43(30-39)50-57-48(35-15-7-5-8-16-35)56-49(58-50)36-17-9-6-10-18-36/h5-34,54-55H,1-4H3. The van der Waals surface area contributed by atoms with Gasteiger partial charge >= 0.3 is 7.12 Å². The minimum absolute atomic E-state index is 0.417. The van der Waals surface area contributed by atoms with Gasteiger partial charge in [0.15, 0.2) is 17.5 Å². The summed E-state index contributed by atoms with van der Waals surface area (Å²) in [7, 11) is -0.444. The minimum Gasteiger partial charge on any atom is -0.399 e. The van der Waals surface area contributed by atoms with Crippen LogP contribution in [0.5, 0.6) is 0 Å². The summed E-state index contributed by atoms with van der Waals surface area (Å²) in [6, 6.07) is 59.8. The number of hydrogen-bond donors (Lipinski definition) is 2. The second-order valence-corrected chi connectivity index (χ2v) is 16.1. The Labute approximate surface area is 351 Å². The molecule has 0 radical (unpaired) electrons. The SMILES string of the molecule is CC1(C)OB(c2cccc(-c3ccc(Nc4cccc(-c5cccc(-c6cccc(-c7nc(-c8ccccc8)nc(-c8ccccc8)n7)c6)c5)c4)c(C=N)c3)c2)OC1(C)C. The number of anilines is 2. The molecule has 1 fully saturated rings. The molecule has 7 nitrogen and oxygen atoms in total. The van der Waals surface area contributed by atoms with E-state index in [4.69, 9.17) is 29.7 Å². The molecule has 0 bridgehead atoms. The summed E-state index contributed by atoms with van der Waals surface area (Å²) in [5, 5.41) is 11.9. The lowest BCUT2D eigenvalue weighted by atomic mass is 9.78. The molecular formula is C52H44BN5O2. The normalized spacial score (nSPS) is 14.2. The largest absolute Gasteiger partial charge is 0.494 e. The Kier molecular flexibility index (Phi) is 10.3. The summed E-state index contributed by atoms with van der Waals surface area (Å²) in [6.07, 6.45) is 1.40. The van der Waals surface area contributed by atoms with Crippen molar-refractivity contribution >= 4 is 30.2 Å². The average Bonchev–Trinajstić information content (AvgIpc) is 3.52. The van der Waals surface area contributed by atoms with Gasteiger partial charge in [-0.2, -0.15) is 0 Å². The first-order valence-electron chi connectivity index (χ1n) is 20.2. The van der Waals surface area contributed by atoms with Gasteiger partial charge in [0.1, 0.15) is 0 Å². The predicted octanol–water partition coefficient (Wildman–Crippen LogP) is 11.9. The van der Waals surface area contributed by atoms with Crippen molar-refractivity contribution in [1.82, 2.24) is 15.0 Å². The lowest BCUT2D eigenvalue weighted by molar-refractivity contribution is 0.00578. The van der Waals surface area contributed by atoms with Gasteiger partial charge in [0.2, 0.25) is 0 Å². The van der Waals surface area contributed by atoms with E-state index in [0.717, 1.165) is 72.5 Å². The molecule has 0 aliphatic carbocycles. The maximum absolute atomic E-state index is 8.31. The first-order valence-corrected chi connectivity index (χ1v) is 20.2. The molecular weight excluding hydrogens is 737 g/mol. The topological polar surface area (TPSA) is 93.0 Å². The second kappa shape index (κ2) is 16.0. The van der Waals surface area contributed by atoms with E-state index in [9.17, 15) is 0 Å². The fourth-order valence-corrected chi connectivity index (χ4v) is 7.41. The number of aromatic nitrogens is 3.